The average molecular weight is 234 g/mol. The van der Waals surface area contributed by atoms with Crippen LogP contribution in [0.2, 0.25) is 0 Å². The molecule has 0 aromatic carbocycles. The first kappa shape index (κ1) is 12.0. The molecule has 1 saturated carbocycles. The van der Waals surface area contributed by atoms with Gasteiger partial charge < -0.3 is 10.4 Å². The highest BCUT2D eigenvalue weighted by atomic mass is 16.3. The quantitative estimate of drug-likeness (QED) is 0.808. The molecule has 0 aliphatic heterocycles. The summed E-state index contributed by atoms with van der Waals surface area (Å²) >= 11 is 0. The Morgan fingerprint density at radius 3 is 2.94 bits per heavy atom. The minimum atomic E-state index is -0.285. The van der Waals surface area contributed by atoms with Crippen LogP contribution in [-0.2, 0) is 4.79 Å². The summed E-state index contributed by atoms with van der Waals surface area (Å²) in [5.41, 5.74) is 0.949. The van der Waals surface area contributed by atoms with E-state index in [1.165, 1.54) is 6.92 Å². The second-order valence-corrected chi connectivity index (χ2v) is 4.63. The second-order valence-electron chi connectivity index (χ2n) is 4.63. The fourth-order valence-corrected chi connectivity index (χ4v) is 2.50. The Morgan fingerprint density at radius 2 is 2.29 bits per heavy atom. The molecule has 0 spiro atoms. The summed E-state index contributed by atoms with van der Waals surface area (Å²) in [6.07, 6.45) is 3.69. The highest BCUT2D eigenvalue weighted by Gasteiger charge is 2.31. The first-order valence-electron chi connectivity index (χ1n) is 6.03. The van der Waals surface area contributed by atoms with E-state index in [4.69, 9.17) is 0 Å². The van der Waals surface area contributed by atoms with E-state index in [-0.39, 0.29) is 24.0 Å². The Hall–Kier alpha value is -1.42. The van der Waals surface area contributed by atoms with Gasteiger partial charge in [0.1, 0.15) is 0 Å². The number of rotatable bonds is 2. The molecule has 1 amide bonds. The average Bonchev–Trinajstić information content (AvgIpc) is 2.32. The Balaban J connectivity index is 2.17. The van der Waals surface area contributed by atoms with Crippen molar-refractivity contribution >= 4 is 5.91 Å². The van der Waals surface area contributed by atoms with E-state index in [0.29, 0.717) is 6.42 Å². The SMILES string of the molecule is CC(=O)NC1CCC(O)CC1c1ccccn1. The van der Waals surface area contributed by atoms with Crippen molar-refractivity contribution in [2.75, 3.05) is 0 Å². The van der Waals surface area contributed by atoms with E-state index < -0.39 is 0 Å². The van der Waals surface area contributed by atoms with Crippen molar-refractivity contribution in [3.05, 3.63) is 30.1 Å². The molecule has 92 valence electrons. The standard InChI is InChI=1S/C13H18N2O2/c1-9(16)15-13-6-5-10(17)8-11(13)12-4-2-3-7-14-12/h2-4,7,10-11,13,17H,5-6,8H2,1H3,(H,15,16). The first-order chi connectivity index (χ1) is 8.16. The largest absolute Gasteiger partial charge is 0.393 e. The highest BCUT2D eigenvalue weighted by Crippen LogP contribution is 2.32. The van der Waals surface area contributed by atoms with Gasteiger partial charge in [-0.15, -0.1) is 0 Å². The molecule has 2 N–H and O–H groups in total. The molecule has 1 aromatic rings. The van der Waals surface area contributed by atoms with Gasteiger partial charge in [0.2, 0.25) is 5.91 Å². The van der Waals surface area contributed by atoms with Crippen LogP contribution in [0.15, 0.2) is 24.4 Å². The molecule has 1 aromatic heterocycles. The van der Waals surface area contributed by atoms with E-state index in [1.807, 2.05) is 18.2 Å². The summed E-state index contributed by atoms with van der Waals surface area (Å²) in [6.45, 7) is 1.53. The van der Waals surface area contributed by atoms with E-state index in [1.54, 1.807) is 6.20 Å². The lowest BCUT2D eigenvalue weighted by atomic mass is 9.80. The van der Waals surface area contributed by atoms with Gasteiger partial charge in [0.15, 0.2) is 0 Å². The van der Waals surface area contributed by atoms with E-state index in [0.717, 1.165) is 18.5 Å². The number of hydrogen-bond acceptors (Lipinski definition) is 3. The van der Waals surface area contributed by atoms with Gasteiger partial charge in [0.05, 0.1) is 6.10 Å². The predicted molar refractivity (Wildman–Crippen MR) is 64.4 cm³/mol. The van der Waals surface area contributed by atoms with Crippen LogP contribution in [0.5, 0.6) is 0 Å². The lowest BCUT2D eigenvalue weighted by Gasteiger charge is -2.34. The third-order valence-corrected chi connectivity index (χ3v) is 3.28. The molecule has 0 saturated heterocycles. The van der Waals surface area contributed by atoms with Crippen molar-refractivity contribution in [2.24, 2.45) is 0 Å². The van der Waals surface area contributed by atoms with Gasteiger partial charge in [0, 0.05) is 30.8 Å². The fourth-order valence-electron chi connectivity index (χ4n) is 2.50. The van der Waals surface area contributed by atoms with Crippen LogP contribution in [0.25, 0.3) is 0 Å². The number of hydrogen-bond donors (Lipinski definition) is 2. The lowest BCUT2D eigenvalue weighted by Crippen LogP contribution is -2.43. The maximum atomic E-state index is 11.2. The minimum Gasteiger partial charge on any atom is -0.393 e. The zero-order valence-corrected chi connectivity index (χ0v) is 9.97. The number of nitrogens with one attached hydrogen (secondary N) is 1. The molecule has 1 heterocycles. The summed E-state index contributed by atoms with van der Waals surface area (Å²) in [7, 11) is 0. The monoisotopic (exact) mass is 234 g/mol. The first-order valence-corrected chi connectivity index (χ1v) is 6.03. The summed E-state index contributed by atoms with van der Waals surface area (Å²) < 4.78 is 0. The van der Waals surface area contributed by atoms with Gasteiger partial charge in [-0.25, -0.2) is 0 Å². The zero-order valence-electron chi connectivity index (χ0n) is 9.97. The normalized spacial score (nSPS) is 28.7. The van der Waals surface area contributed by atoms with Gasteiger partial charge >= 0.3 is 0 Å². The van der Waals surface area contributed by atoms with Crippen molar-refractivity contribution in [3.63, 3.8) is 0 Å². The molecule has 0 radical (unpaired) electrons. The molecule has 1 fully saturated rings. The Labute approximate surface area is 101 Å². The van der Waals surface area contributed by atoms with Crippen LogP contribution in [0.4, 0.5) is 0 Å². The van der Waals surface area contributed by atoms with Gasteiger partial charge in [-0.1, -0.05) is 6.07 Å². The smallest absolute Gasteiger partial charge is 0.217 e. The number of amides is 1. The summed E-state index contributed by atoms with van der Waals surface area (Å²) in [5.74, 6) is 0.0937. The van der Waals surface area contributed by atoms with Crippen molar-refractivity contribution < 1.29 is 9.90 Å². The molecule has 3 unspecified atom stereocenters. The van der Waals surface area contributed by atoms with Crippen LogP contribution in [0.3, 0.4) is 0 Å². The molecular formula is C13H18N2O2. The van der Waals surface area contributed by atoms with Gasteiger partial charge in [-0.3, -0.25) is 9.78 Å². The van der Waals surface area contributed by atoms with Crippen molar-refractivity contribution in [3.8, 4) is 0 Å². The highest BCUT2D eigenvalue weighted by molar-refractivity contribution is 5.73. The molecule has 0 bridgehead atoms. The molecule has 17 heavy (non-hydrogen) atoms. The molecule has 4 nitrogen and oxygen atoms in total. The number of carbonyl (C=O) groups excluding carboxylic acids is 1. The van der Waals surface area contributed by atoms with E-state index in [2.05, 4.69) is 10.3 Å². The number of aliphatic hydroxyl groups is 1. The Bertz CT molecular complexity index is 380. The van der Waals surface area contributed by atoms with Crippen molar-refractivity contribution in [1.82, 2.24) is 10.3 Å². The maximum Gasteiger partial charge on any atom is 0.217 e. The Kier molecular flexibility index (Phi) is 3.74. The zero-order chi connectivity index (χ0) is 12.3. The van der Waals surface area contributed by atoms with Gasteiger partial charge in [-0.2, -0.15) is 0 Å². The molecule has 2 rings (SSSR count). The van der Waals surface area contributed by atoms with E-state index >= 15 is 0 Å². The second kappa shape index (κ2) is 5.27. The number of pyridine rings is 1. The summed E-state index contributed by atoms with van der Waals surface area (Å²) in [4.78, 5) is 15.5. The van der Waals surface area contributed by atoms with Crippen molar-refractivity contribution in [1.29, 1.82) is 0 Å². The number of carbonyl (C=O) groups is 1. The molecule has 1 aliphatic carbocycles. The molecule has 3 atom stereocenters. The Morgan fingerprint density at radius 1 is 1.47 bits per heavy atom. The van der Waals surface area contributed by atoms with Gasteiger partial charge in [0.25, 0.3) is 0 Å². The number of aromatic nitrogens is 1. The number of nitrogens with zero attached hydrogens (tertiary/aromatic N) is 1. The van der Waals surface area contributed by atoms with Crippen LogP contribution in [0, 0.1) is 0 Å². The van der Waals surface area contributed by atoms with Gasteiger partial charge in [-0.05, 0) is 31.4 Å². The molecular weight excluding hydrogens is 216 g/mol. The van der Waals surface area contributed by atoms with Crippen LogP contribution < -0.4 is 5.32 Å². The van der Waals surface area contributed by atoms with Crippen molar-refractivity contribution in [2.45, 2.75) is 44.2 Å². The van der Waals surface area contributed by atoms with Crippen LogP contribution >= 0.6 is 0 Å². The third-order valence-electron chi connectivity index (χ3n) is 3.28. The topological polar surface area (TPSA) is 62.2 Å². The lowest BCUT2D eigenvalue weighted by molar-refractivity contribution is -0.120. The fraction of sp³-hybridized carbons (Fsp3) is 0.538. The third kappa shape index (κ3) is 3.03. The predicted octanol–water partition coefficient (Wildman–Crippen LogP) is 1.21. The minimum absolute atomic E-state index is 0.0210. The maximum absolute atomic E-state index is 11.2. The molecule has 1 aliphatic rings. The number of aliphatic hydroxyl groups excluding tert-OH is 1. The summed E-state index contributed by atoms with van der Waals surface area (Å²) in [6, 6.07) is 5.85. The van der Waals surface area contributed by atoms with Crippen LogP contribution in [0.1, 0.15) is 37.8 Å². The summed E-state index contributed by atoms with van der Waals surface area (Å²) in [5, 5.41) is 12.7. The van der Waals surface area contributed by atoms with E-state index in [9.17, 15) is 9.90 Å². The molecule has 4 heteroatoms. The van der Waals surface area contributed by atoms with Crippen LogP contribution in [-0.4, -0.2) is 28.1 Å².